The number of rotatable bonds is 6. The van der Waals surface area contributed by atoms with Gasteiger partial charge in [-0.3, -0.25) is 4.79 Å². The van der Waals surface area contributed by atoms with Crippen LogP contribution in [0.4, 0.5) is 10.1 Å². The normalized spacial score (nSPS) is 9.61. The van der Waals surface area contributed by atoms with Gasteiger partial charge in [-0.25, -0.2) is 4.39 Å². The van der Waals surface area contributed by atoms with Crippen LogP contribution < -0.4 is 10.6 Å². The first-order chi connectivity index (χ1) is 8.67. The Morgan fingerprint density at radius 2 is 2.28 bits per heavy atom. The van der Waals surface area contributed by atoms with Gasteiger partial charge in [0.2, 0.25) is 5.91 Å². The molecule has 18 heavy (non-hydrogen) atoms. The predicted octanol–water partition coefficient (Wildman–Crippen LogP) is 2.03. The second-order valence-electron chi connectivity index (χ2n) is 3.86. The van der Waals surface area contributed by atoms with Gasteiger partial charge in [0.1, 0.15) is 5.82 Å². The van der Waals surface area contributed by atoms with Gasteiger partial charge in [-0.05, 0) is 24.6 Å². The number of halogens is 1. The maximum Gasteiger partial charge on any atom is 0.239 e. The largest absolute Gasteiger partial charge is 0.374 e. The lowest BCUT2D eigenvalue weighted by Gasteiger charge is -2.08. The molecule has 0 aliphatic heterocycles. The molecular formula is C13H16FN3O. The minimum atomic E-state index is -0.532. The van der Waals surface area contributed by atoms with E-state index in [-0.39, 0.29) is 23.7 Å². The van der Waals surface area contributed by atoms with E-state index in [1.165, 1.54) is 12.1 Å². The third-order valence-electron chi connectivity index (χ3n) is 2.39. The molecule has 0 aromatic heterocycles. The molecule has 0 aliphatic carbocycles. The van der Waals surface area contributed by atoms with E-state index in [1.807, 2.05) is 13.0 Å². The Balaban J connectivity index is 2.44. The Morgan fingerprint density at radius 1 is 1.50 bits per heavy atom. The summed E-state index contributed by atoms with van der Waals surface area (Å²) in [6.45, 7) is 2.69. The summed E-state index contributed by atoms with van der Waals surface area (Å²) in [6, 6.07) is 5.94. The number of hydrogen-bond acceptors (Lipinski definition) is 3. The number of amides is 1. The number of anilines is 1. The Hall–Kier alpha value is -2.09. The highest BCUT2D eigenvalue weighted by Gasteiger charge is 2.05. The lowest BCUT2D eigenvalue weighted by atomic mass is 10.2. The summed E-state index contributed by atoms with van der Waals surface area (Å²) in [6.07, 6.45) is 1.94. The minimum Gasteiger partial charge on any atom is -0.374 e. The van der Waals surface area contributed by atoms with Gasteiger partial charge in [0.25, 0.3) is 0 Å². The minimum absolute atomic E-state index is 0.0204. The van der Waals surface area contributed by atoms with Gasteiger partial charge in [0, 0.05) is 6.54 Å². The third kappa shape index (κ3) is 4.42. The van der Waals surface area contributed by atoms with Gasteiger partial charge in [-0.1, -0.05) is 13.3 Å². The number of carbonyl (C=O) groups is 1. The summed E-state index contributed by atoms with van der Waals surface area (Å²) in [5.74, 6) is -0.706. The topological polar surface area (TPSA) is 64.9 Å². The Labute approximate surface area is 106 Å². The van der Waals surface area contributed by atoms with Crippen molar-refractivity contribution >= 4 is 11.6 Å². The first kappa shape index (κ1) is 14.0. The fourth-order valence-electron chi connectivity index (χ4n) is 1.37. The first-order valence-electron chi connectivity index (χ1n) is 5.87. The maximum absolute atomic E-state index is 13.4. The molecule has 1 rings (SSSR count). The zero-order valence-corrected chi connectivity index (χ0v) is 10.3. The standard InChI is InChI=1S/C13H16FN3O/c1-2-3-6-16-13(18)9-17-12-5-4-10(8-15)7-11(12)14/h4-5,7,17H,2-3,6,9H2,1H3,(H,16,18). The summed E-state index contributed by atoms with van der Waals surface area (Å²) < 4.78 is 13.4. The number of nitriles is 1. The number of nitrogens with zero attached hydrogens (tertiary/aromatic N) is 1. The van der Waals surface area contributed by atoms with Crippen molar-refractivity contribution in [2.75, 3.05) is 18.4 Å². The van der Waals surface area contributed by atoms with Gasteiger partial charge in [-0.15, -0.1) is 0 Å². The van der Waals surface area contributed by atoms with Gasteiger partial charge in [0.05, 0.1) is 23.9 Å². The predicted molar refractivity (Wildman–Crippen MR) is 67.5 cm³/mol. The van der Waals surface area contributed by atoms with Crippen molar-refractivity contribution in [3.8, 4) is 6.07 Å². The van der Waals surface area contributed by atoms with E-state index in [0.29, 0.717) is 6.54 Å². The molecule has 0 bridgehead atoms. The molecule has 0 atom stereocenters. The van der Waals surface area contributed by atoms with E-state index in [9.17, 15) is 9.18 Å². The fraction of sp³-hybridized carbons (Fsp3) is 0.385. The van der Waals surface area contributed by atoms with E-state index in [0.717, 1.165) is 18.9 Å². The molecule has 0 aliphatic rings. The monoisotopic (exact) mass is 249 g/mol. The molecule has 0 fully saturated rings. The van der Waals surface area contributed by atoms with Crippen molar-refractivity contribution in [3.05, 3.63) is 29.6 Å². The molecule has 2 N–H and O–H groups in total. The molecule has 0 spiro atoms. The van der Waals surface area contributed by atoms with Crippen LogP contribution in [0.15, 0.2) is 18.2 Å². The van der Waals surface area contributed by atoms with E-state index >= 15 is 0 Å². The SMILES string of the molecule is CCCCNC(=O)CNc1ccc(C#N)cc1F. The van der Waals surface area contributed by atoms with E-state index in [1.54, 1.807) is 0 Å². The summed E-state index contributed by atoms with van der Waals surface area (Å²) in [5.41, 5.74) is 0.477. The molecule has 1 amide bonds. The van der Waals surface area contributed by atoms with Crippen LogP contribution in [0, 0.1) is 17.1 Å². The summed E-state index contributed by atoms with van der Waals surface area (Å²) >= 11 is 0. The van der Waals surface area contributed by atoms with Crippen molar-refractivity contribution < 1.29 is 9.18 Å². The number of unbranched alkanes of at least 4 members (excludes halogenated alkanes) is 1. The average molecular weight is 249 g/mol. The van der Waals surface area contributed by atoms with E-state index in [2.05, 4.69) is 10.6 Å². The second kappa shape index (κ2) is 7.28. The number of nitrogens with one attached hydrogen (secondary N) is 2. The molecule has 0 saturated carbocycles. The Bertz CT molecular complexity index is 454. The quantitative estimate of drug-likeness (QED) is 0.758. The zero-order valence-electron chi connectivity index (χ0n) is 10.3. The van der Waals surface area contributed by atoms with E-state index < -0.39 is 5.82 Å². The molecule has 96 valence electrons. The lowest BCUT2D eigenvalue weighted by Crippen LogP contribution is -2.30. The van der Waals surface area contributed by atoms with Crippen molar-refractivity contribution in [3.63, 3.8) is 0 Å². The van der Waals surface area contributed by atoms with Gasteiger partial charge >= 0.3 is 0 Å². The number of benzene rings is 1. The average Bonchev–Trinajstić information content (AvgIpc) is 2.37. The van der Waals surface area contributed by atoms with Crippen molar-refractivity contribution in [1.29, 1.82) is 5.26 Å². The van der Waals surface area contributed by atoms with Gasteiger partial charge in [0.15, 0.2) is 0 Å². The van der Waals surface area contributed by atoms with Crippen LogP contribution in [0.3, 0.4) is 0 Å². The Morgan fingerprint density at radius 3 is 2.89 bits per heavy atom. The van der Waals surface area contributed by atoms with Gasteiger partial charge < -0.3 is 10.6 Å². The zero-order chi connectivity index (χ0) is 13.4. The van der Waals surface area contributed by atoms with Crippen molar-refractivity contribution in [2.45, 2.75) is 19.8 Å². The van der Waals surface area contributed by atoms with Crippen LogP contribution in [0.1, 0.15) is 25.3 Å². The molecule has 0 saturated heterocycles. The first-order valence-corrected chi connectivity index (χ1v) is 5.87. The molecule has 0 radical (unpaired) electrons. The fourth-order valence-corrected chi connectivity index (χ4v) is 1.37. The Kier molecular flexibility index (Phi) is 5.65. The molecule has 0 heterocycles. The van der Waals surface area contributed by atoms with E-state index in [4.69, 9.17) is 5.26 Å². The van der Waals surface area contributed by atoms with Crippen molar-refractivity contribution in [1.82, 2.24) is 5.32 Å². The third-order valence-corrected chi connectivity index (χ3v) is 2.39. The smallest absolute Gasteiger partial charge is 0.239 e. The number of carbonyl (C=O) groups excluding carboxylic acids is 1. The van der Waals surface area contributed by atoms with Gasteiger partial charge in [-0.2, -0.15) is 5.26 Å². The molecular weight excluding hydrogens is 233 g/mol. The molecule has 5 heteroatoms. The van der Waals surface area contributed by atoms with Crippen LogP contribution >= 0.6 is 0 Å². The van der Waals surface area contributed by atoms with Crippen LogP contribution in [0.25, 0.3) is 0 Å². The summed E-state index contributed by atoms with van der Waals surface area (Å²) in [4.78, 5) is 11.4. The number of hydrogen-bond donors (Lipinski definition) is 2. The molecule has 4 nitrogen and oxygen atoms in total. The van der Waals surface area contributed by atoms with Crippen LogP contribution in [-0.4, -0.2) is 19.0 Å². The highest BCUT2D eigenvalue weighted by Crippen LogP contribution is 2.14. The highest BCUT2D eigenvalue weighted by molar-refractivity contribution is 5.80. The molecule has 0 unspecified atom stereocenters. The highest BCUT2D eigenvalue weighted by atomic mass is 19.1. The molecule has 1 aromatic rings. The summed E-state index contributed by atoms with van der Waals surface area (Å²) in [5, 5.41) is 14.0. The van der Waals surface area contributed by atoms with Crippen molar-refractivity contribution in [2.24, 2.45) is 0 Å². The lowest BCUT2D eigenvalue weighted by molar-refractivity contribution is -0.119. The van der Waals surface area contributed by atoms with Crippen LogP contribution in [0.2, 0.25) is 0 Å². The molecule has 1 aromatic carbocycles. The summed E-state index contributed by atoms with van der Waals surface area (Å²) in [7, 11) is 0. The maximum atomic E-state index is 13.4. The second-order valence-corrected chi connectivity index (χ2v) is 3.86. The van der Waals surface area contributed by atoms with Crippen LogP contribution in [0.5, 0.6) is 0 Å². The van der Waals surface area contributed by atoms with Crippen LogP contribution in [-0.2, 0) is 4.79 Å².